The molecule has 0 aliphatic carbocycles. The van der Waals surface area contributed by atoms with E-state index in [1.807, 2.05) is 9.80 Å². The van der Waals surface area contributed by atoms with Gasteiger partial charge in [0.15, 0.2) is 0 Å². The Morgan fingerprint density at radius 3 is 2.24 bits per heavy atom. The molecule has 5 N–H and O–H groups in total. The third-order valence-corrected chi connectivity index (χ3v) is 4.24. The Morgan fingerprint density at radius 2 is 1.56 bits per heavy atom. The summed E-state index contributed by atoms with van der Waals surface area (Å²) in [4.78, 5) is 25.8. The van der Waals surface area contributed by atoms with Crippen molar-refractivity contribution in [1.82, 2.24) is 20.4 Å². The van der Waals surface area contributed by atoms with Crippen LogP contribution in [0.2, 0.25) is 0 Å². The molecule has 1 rings (SSSR count). The molecule has 0 amide bonds. The lowest BCUT2D eigenvalue weighted by atomic mass is 10.1. The molecular weight excluding hydrogens is 328 g/mol. The zero-order valence-corrected chi connectivity index (χ0v) is 14.8. The van der Waals surface area contributed by atoms with E-state index in [2.05, 4.69) is 10.6 Å². The standard InChI is InChI=1S/C16H32N4O5/c21-9-2-14-10-18-5-7-19(12-15(22)23)6-1-3-17-4-8-20(11-14)13-16(24)25/h14,17-18,21H,1-13H2,(H,22,23)(H,24,25). The van der Waals surface area contributed by atoms with E-state index in [1.165, 1.54) is 0 Å². The fraction of sp³-hybridized carbons (Fsp3) is 0.875. The number of carboxylic acids is 2. The largest absolute Gasteiger partial charge is 0.480 e. The SMILES string of the molecule is O=C(O)CN1CCCNCCN(CC(=O)O)CC(CCO)CNCC1. The molecule has 1 heterocycles. The number of nitrogens with zero attached hydrogens (tertiary/aromatic N) is 2. The Hall–Kier alpha value is -1.26. The van der Waals surface area contributed by atoms with Gasteiger partial charge in [-0.2, -0.15) is 0 Å². The van der Waals surface area contributed by atoms with Gasteiger partial charge in [-0.1, -0.05) is 0 Å². The third-order valence-electron chi connectivity index (χ3n) is 4.24. The quantitative estimate of drug-likeness (QED) is 0.378. The highest BCUT2D eigenvalue weighted by Crippen LogP contribution is 2.05. The zero-order chi connectivity index (χ0) is 18.5. The molecule has 25 heavy (non-hydrogen) atoms. The van der Waals surface area contributed by atoms with Crippen molar-refractivity contribution in [3.8, 4) is 0 Å². The van der Waals surface area contributed by atoms with Crippen LogP contribution in [0.4, 0.5) is 0 Å². The van der Waals surface area contributed by atoms with E-state index in [9.17, 15) is 14.7 Å². The summed E-state index contributed by atoms with van der Waals surface area (Å²) >= 11 is 0. The Bertz CT molecular complexity index is 397. The number of aliphatic carboxylic acids is 2. The Morgan fingerprint density at radius 1 is 0.920 bits per heavy atom. The van der Waals surface area contributed by atoms with Gasteiger partial charge in [-0.3, -0.25) is 19.4 Å². The molecule has 0 aromatic rings. The van der Waals surface area contributed by atoms with E-state index < -0.39 is 11.9 Å². The summed E-state index contributed by atoms with van der Waals surface area (Å²) in [5, 5.41) is 33.9. The van der Waals surface area contributed by atoms with Crippen LogP contribution in [0.15, 0.2) is 0 Å². The predicted octanol–water partition coefficient (Wildman–Crippen LogP) is -1.66. The third kappa shape index (κ3) is 11.1. The van der Waals surface area contributed by atoms with Crippen LogP contribution < -0.4 is 10.6 Å². The maximum Gasteiger partial charge on any atom is 0.317 e. The maximum atomic E-state index is 11.1. The van der Waals surface area contributed by atoms with Crippen LogP contribution in [-0.2, 0) is 9.59 Å². The molecule has 0 radical (unpaired) electrons. The molecule has 1 aliphatic heterocycles. The molecule has 1 aliphatic rings. The topological polar surface area (TPSA) is 125 Å². The zero-order valence-electron chi connectivity index (χ0n) is 14.8. The molecule has 0 aromatic carbocycles. The van der Waals surface area contributed by atoms with Gasteiger partial charge in [-0.15, -0.1) is 0 Å². The van der Waals surface area contributed by atoms with Crippen LogP contribution in [-0.4, -0.2) is 109 Å². The van der Waals surface area contributed by atoms with E-state index in [-0.39, 0.29) is 25.6 Å². The highest BCUT2D eigenvalue weighted by Gasteiger charge is 2.17. The normalized spacial score (nSPS) is 23.0. The average molecular weight is 360 g/mol. The van der Waals surface area contributed by atoms with Crippen LogP contribution in [0.25, 0.3) is 0 Å². The van der Waals surface area contributed by atoms with Crippen molar-refractivity contribution in [1.29, 1.82) is 0 Å². The van der Waals surface area contributed by atoms with E-state index in [1.54, 1.807) is 0 Å². The molecule has 0 bridgehead atoms. The molecule has 0 spiro atoms. The van der Waals surface area contributed by atoms with Gasteiger partial charge in [-0.05, 0) is 38.4 Å². The van der Waals surface area contributed by atoms with Gasteiger partial charge in [0, 0.05) is 39.3 Å². The summed E-state index contributed by atoms with van der Waals surface area (Å²) in [5.41, 5.74) is 0. The van der Waals surface area contributed by atoms with Crippen molar-refractivity contribution in [2.45, 2.75) is 12.8 Å². The van der Waals surface area contributed by atoms with Crippen molar-refractivity contribution in [3.05, 3.63) is 0 Å². The van der Waals surface area contributed by atoms with Gasteiger partial charge in [0.2, 0.25) is 0 Å². The highest BCUT2D eigenvalue weighted by atomic mass is 16.4. The Balaban J connectivity index is 2.60. The van der Waals surface area contributed by atoms with Crippen molar-refractivity contribution < 1.29 is 24.9 Å². The summed E-state index contributed by atoms with van der Waals surface area (Å²) in [6.07, 6.45) is 1.45. The molecule has 0 saturated carbocycles. The minimum Gasteiger partial charge on any atom is -0.480 e. The van der Waals surface area contributed by atoms with E-state index in [0.29, 0.717) is 52.2 Å². The van der Waals surface area contributed by atoms with Crippen LogP contribution in [0.1, 0.15) is 12.8 Å². The van der Waals surface area contributed by atoms with Gasteiger partial charge in [-0.25, -0.2) is 0 Å². The first kappa shape index (κ1) is 21.8. The Labute approximate surface area is 149 Å². The monoisotopic (exact) mass is 360 g/mol. The average Bonchev–Trinajstić information content (AvgIpc) is 2.52. The lowest BCUT2D eigenvalue weighted by Crippen LogP contribution is -2.44. The van der Waals surface area contributed by atoms with Crippen LogP contribution >= 0.6 is 0 Å². The minimum atomic E-state index is -0.846. The number of aliphatic hydroxyl groups is 1. The Kier molecular flexibility index (Phi) is 11.3. The maximum absolute atomic E-state index is 11.1. The number of hydrogen-bond donors (Lipinski definition) is 5. The number of carboxylic acid groups (broad SMARTS) is 2. The number of nitrogens with one attached hydrogen (secondary N) is 2. The minimum absolute atomic E-state index is 0.00397. The van der Waals surface area contributed by atoms with Gasteiger partial charge in [0.05, 0.1) is 13.1 Å². The van der Waals surface area contributed by atoms with Gasteiger partial charge < -0.3 is 26.0 Å². The van der Waals surface area contributed by atoms with Crippen LogP contribution in [0, 0.1) is 5.92 Å². The molecule has 1 unspecified atom stereocenters. The van der Waals surface area contributed by atoms with Gasteiger partial charge >= 0.3 is 11.9 Å². The molecule has 1 atom stereocenters. The summed E-state index contributed by atoms with van der Waals surface area (Å²) in [6.45, 7) is 5.49. The molecule has 1 saturated heterocycles. The fourth-order valence-electron chi connectivity index (χ4n) is 3.03. The highest BCUT2D eigenvalue weighted by molar-refractivity contribution is 5.69. The second-order valence-corrected chi connectivity index (χ2v) is 6.48. The number of rotatable bonds is 6. The van der Waals surface area contributed by atoms with E-state index >= 15 is 0 Å². The summed E-state index contributed by atoms with van der Waals surface area (Å²) in [6, 6.07) is 0. The number of aliphatic hydroxyl groups excluding tert-OH is 1. The summed E-state index contributed by atoms with van der Waals surface area (Å²) in [7, 11) is 0. The lowest BCUT2D eigenvalue weighted by Gasteiger charge is -2.28. The number of hydrogen-bond acceptors (Lipinski definition) is 7. The van der Waals surface area contributed by atoms with Crippen molar-refractivity contribution >= 4 is 11.9 Å². The van der Waals surface area contributed by atoms with Crippen LogP contribution in [0.5, 0.6) is 0 Å². The number of carbonyl (C=O) groups is 2. The van der Waals surface area contributed by atoms with Crippen molar-refractivity contribution in [3.63, 3.8) is 0 Å². The fourth-order valence-corrected chi connectivity index (χ4v) is 3.03. The van der Waals surface area contributed by atoms with Crippen molar-refractivity contribution in [2.75, 3.05) is 72.1 Å². The molecule has 9 heteroatoms. The van der Waals surface area contributed by atoms with Crippen LogP contribution in [0.3, 0.4) is 0 Å². The smallest absolute Gasteiger partial charge is 0.317 e. The predicted molar refractivity (Wildman–Crippen MR) is 93.7 cm³/mol. The second kappa shape index (κ2) is 13.0. The van der Waals surface area contributed by atoms with Gasteiger partial charge in [0.1, 0.15) is 0 Å². The lowest BCUT2D eigenvalue weighted by molar-refractivity contribution is -0.139. The molecule has 1 fully saturated rings. The first-order valence-electron chi connectivity index (χ1n) is 8.92. The van der Waals surface area contributed by atoms with Crippen molar-refractivity contribution in [2.24, 2.45) is 5.92 Å². The van der Waals surface area contributed by atoms with Gasteiger partial charge in [0.25, 0.3) is 0 Å². The first-order valence-corrected chi connectivity index (χ1v) is 8.92. The molecule has 146 valence electrons. The summed E-state index contributed by atoms with van der Waals surface area (Å²) in [5.74, 6) is -1.52. The molecular formula is C16H32N4O5. The second-order valence-electron chi connectivity index (χ2n) is 6.48. The molecule has 9 nitrogen and oxygen atoms in total. The molecule has 0 aromatic heterocycles. The van der Waals surface area contributed by atoms with E-state index in [0.717, 1.165) is 13.0 Å². The summed E-state index contributed by atoms with van der Waals surface area (Å²) < 4.78 is 0. The van der Waals surface area contributed by atoms with E-state index in [4.69, 9.17) is 10.2 Å². The first-order chi connectivity index (χ1) is 12.0.